The van der Waals surface area contributed by atoms with Gasteiger partial charge in [0.05, 0.1) is 17.7 Å². The first-order chi connectivity index (χ1) is 10.1. The Labute approximate surface area is 133 Å². The Bertz CT molecular complexity index is 528. The molecule has 0 spiro atoms. The van der Waals surface area contributed by atoms with Crippen LogP contribution in [-0.4, -0.2) is 41.6 Å². The van der Waals surface area contributed by atoms with Crippen molar-refractivity contribution in [1.82, 2.24) is 4.90 Å². The van der Waals surface area contributed by atoms with Gasteiger partial charge in [0, 0.05) is 18.8 Å². The fourth-order valence-electron chi connectivity index (χ4n) is 3.45. The number of ether oxygens (including phenoxy) is 1. The van der Waals surface area contributed by atoms with Crippen LogP contribution in [0.2, 0.25) is 0 Å². The Kier molecular flexibility index (Phi) is 4.64. The van der Waals surface area contributed by atoms with E-state index in [1.165, 1.54) is 0 Å². The number of anilines is 1. The maximum absolute atomic E-state index is 12.4. The van der Waals surface area contributed by atoms with Crippen LogP contribution in [0.5, 0.6) is 0 Å². The van der Waals surface area contributed by atoms with Crippen LogP contribution in [0.15, 0.2) is 18.2 Å². The van der Waals surface area contributed by atoms with Crippen molar-refractivity contribution in [3.63, 3.8) is 0 Å². The molecule has 0 aliphatic carbocycles. The zero-order valence-electron chi connectivity index (χ0n) is 14.6. The Morgan fingerprint density at radius 2 is 1.64 bits per heavy atom. The number of rotatable bonds is 3. The van der Waals surface area contributed by atoms with Crippen LogP contribution in [-0.2, 0) is 9.53 Å². The van der Waals surface area contributed by atoms with Gasteiger partial charge < -0.3 is 10.1 Å². The standard InChI is InChI=1S/C18H28N2O2/c1-13-8-7-9-14(2)16(13)19-15(21)10-20-11-17(3,4)22-18(5,6)12-20/h7-9H,10-12H2,1-6H3,(H,19,21). The van der Waals surface area contributed by atoms with Gasteiger partial charge in [-0.2, -0.15) is 0 Å². The van der Waals surface area contributed by atoms with E-state index < -0.39 is 0 Å². The van der Waals surface area contributed by atoms with Gasteiger partial charge in [-0.1, -0.05) is 18.2 Å². The van der Waals surface area contributed by atoms with Crippen molar-refractivity contribution in [3.05, 3.63) is 29.3 Å². The molecule has 4 nitrogen and oxygen atoms in total. The van der Waals surface area contributed by atoms with Gasteiger partial charge in [-0.15, -0.1) is 0 Å². The van der Waals surface area contributed by atoms with E-state index in [2.05, 4.69) is 37.9 Å². The second-order valence-electron chi connectivity index (χ2n) is 7.58. The summed E-state index contributed by atoms with van der Waals surface area (Å²) in [6, 6.07) is 6.04. The molecular formula is C18H28N2O2. The number of para-hydroxylation sites is 1. The number of nitrogens with zero attached hydrogens (tertiary/aromatic N) is 1. The van der Waals surface area contributed by atoms with Crippen molar-refractivity contribution in [3.8, 4) is 0 Å². The molecule has 1 heterocycles. The molecule has 1 saturated heterocycles. The average molecular weight is 304 g/mol. The third-order valence-electron chi connectivity index (χ3n) is 3.87. The lowest BCUT2D eigenvalue weighted by molar-refractivity contribution is -0.180. The molecule has 0 unspecified atom stereocenters. The van der Waals surface area contributed by atoms with E-state index in [0.717, 1.165) is 29.9 Å². The molecule has 1 fully saturated rings. The predicted octanol–water partition coefficient (Wildman–Crippen LogP) is 3.13. The first kappa shape index (κ1) is 17.0. The molecule has 0 bridgehead atoms. The van der Waals surface area contributed by atoms with Crippen LogP contribution in [0.1, 0.15) is 38.8 Å². The van der Waals surface area contributed by atoms with Crippen LogP contribution >= 0.6 is 0 Å². The summed E-state index contributed by atoms with van der Waals surface area (Å²) < 4.78 is 6.06. The second-order valence-corrected chi connectivity index (χ2v) is 7.58. The highest BCUT2D eigenvalue weighted by atomic mass is 16.5. The molecule has 0 atom stereocenters. The van der Waals surface area contributed by atoms with Gasteiger partial charge in [-0.3, -0.25) is 9.69 Å². The third-order valence-corrected chi connectivity index (χ3v) is 3.87. The fraction of sp³-hybridized carbons (Fsp3) is 0.611. The molecule has 22 heavy (non-hydrogen) atoms. The largest absolute Gasteiger partial charge is 0.367 e. The van der Waals surface area contributed by atoms with Gasteiger partial charge in [0.1, 0.15) is 0 Å². The quantitative estimate of drug-likeness (QED) is 0.933. The zero-order chi connectivity index (χ0) is 16.5. The summed E-state index contributed by atoms with van der Waals surface area (Å²) in [5.74, 6) is 0.0332. The molecule has 1 aliphatic rings. The van der Waals surface area contributed by atoms with Gasteiger partial charge >= 0.3 is 0 Å². The monoisotopic (exact) mass is 304 g/mol. The van der Waals surface area contributed by atoms with Crippen LogP contribution in [0.3, 0.4) is 0 Å². The van der Waals surface area contributed by atoms with E-state index in [9.17, 15) is 4.79 Å². The lowest BCUT2D eigenvalue weighted by atomic mass is 9.99. The Hall–Kier alpha value is -1.39. The average Bonchev–Trinajstić information content (AvgIpc) is 2.29. The van der Waals surface area contributed by atoms with E-state index in [1.54, 1.807) is 0 Å². The summed E-state index contributed by atoms with van der Waals surface area (Å²) in [5.41, 5.74) is 2.65. The van der Waals surface area contributed by atoms with Crippen molar-refractivity contribution >= 4 is 11.6 Å². The van der Waals surface area contributed by atoms with Crippen molar-refractivity contribution in [2.24, 2.45) is 0 Å². The highest BCUT2D eigenvalue weighted by molar-refractivity contribution is 5.93. The summed E-state index contributed by atoms with van der Waals surface area (Å²) >= 11 is 0. The van der Waals surface area contributed by atoms with Crippen LogP contribution < -0.4 is 5.32 Å². The molecule has 0 saturated carbocycles. The van der Waals surface area contributed by atoms with Gasteiger partial charge in [0.2, 0.25) is 5.91 Å². The molecule has 0 radical (unpaired) electrons. The molecule has 122 valence electrons. The Morgan fingerprint density at radius 1 is 1.14 bits per heavy atom. The van der Waals surface area contributed by atoms with Gasteiger partial charge in [-0.25, -0.2) is 0 Å². The minimum Gasteiger partial charge on any atom is -0.367 e. The number of hydrogen-bond acceptors (Lipinski definition) is 3. The molecule has 1 amide bonds. The first-order valence-corrected chi connectivity index (χ1v) is 7.87. The number of nitrogens with one attached hydrogen (secondary N) is 1. The minimum atomic E-state index is -0.236. The topological polar surface area (TPSA) is 41.6 Å². The maximum atomic E-state index is 12.4. The molecule has 1 N–H and O–H groups in total. The highest BCUT2D eigenvalue weighted by Gasteiger charge is 2.38. The number of benzene rings is 1. The molecule has 1 aromatic carbocycles. The number of amides is 1. The van der Waals surface area contributed by atoms with E-state index in [4.69, 9.17) is 4.74 Å². The highest BCUT2D eigenvalue weighted by Crippen LogP contribution is 2.28. The van der Waals surface area contributed by atoms with Crippen molar-refractivity contribution in [2.75, 3.05) is 25.0 Å². The van der Waals surface area contributed by atoms with Crippen LogP contribution in [0.25, 0.3) is 0 Å². The van der Waals surface area contributed by atoms with Crippen molar-refractivity contribution in [2.45, 2.75) is 52.7 Å². The van der Waals surface area contributed by atoms with E-state index >= 15 is 0 Å². The molecule has 1 aromatic rings. The number of hydrogen-bond donors (Lipinski definition) is 1. The summed E-state index contributed by atoms with van der Waals surface area (Å²) in [6.45, 7) is 14.2. The number of carbonyl (C=O) groups is 1. The van der Waals surface area contributed by atoms with E-state index in [-0.39, 0.29) is 17.1 Å². The van der Waals surface area contributed by atoms with Crippen LogP contribution in [0, 0.1) is 13.8 Å². The normalized spacial score (nSPS) is 20.6. The fourth-order valence-corrected chi connectivity index (χ4v) is 3.45. The number of aryl methyl sites for hydroxylation is 2. The van der Waals surface area contributed by atoms with Crippen molar-refractivity contribution in [1.29, 1.82) is 0 Å². The zero-order valence-corrected chi connectivity index (χ0v) is 14.6. The van der Waals surface area contributed by atoms with E-state index in [0.29, 0.717) is 6.54 Å². The smallest absolute Gasteiger partial charge is 0.238 e. The SMILES string of the molecule is Cc1cccc(C)c1NC(=O)CN1CC(C)(C)OC(C)(C)C1. The lowest BCUT2D eigenvalue weighted by Crippen LogP contribution is -2.58. The summed E-state index contributed by atoms with van der Waals surface area (Å²) in [6.07, 6.45) is 0. The first-order valence-electron chi connectivity index (χ1n) is 7.87. The van der Waals surface area contributed by atoms with Gasteiger partial charge in [0.25, 0.3) is 0 Å². The molecular weight excluding hydrogens is 276 g/mol. The lowest BCUT2D eigenvalue weighted by Gasteiger charge is -2.46. The third kappa shape index (κ3) is 4.31. The Morgan fingerprint density at radius 3 is 2.14 bits per heavy atom. The van der Waals surface area contributed by atoms with Crippen LogP contribution in [0.4, 0.5) is 5.69 Å². The van der Waals surface area contributed by atoms with Crippen molar-refractivity contribution < 1.29 is 9.53 Å². The predicted molar refractivity (Wildman–Crippen MR) is 90.2 cm³/mol. The Balaban J connectivity index is 2.03. The van der Waals surface area contributed by atoms with Gasteiger partial charge in [0.15, 0.2) is 0 Å². The number of carbonyl (C=O) groups excluding carboxylic acids is 1. The molecule has 4 heteroatoms. The second kappa shape index (κ2) is 6.01. The molecule has 0 aromatic heterocycles. The number of morpholine rings is 1. The summed E-state index contributed by atoms with van der Waals surface area (Å²) in [7, 11) is 0. The van der Waals surface area contributed by atoms with E-state index in [1.807, 2.05) is 32.0 Å². The molecule has 2 rings (SSSR count). The van der Waals surface area contributed by atoms with Gasteiger partial charge in [-0.05, 0) is 52.7 Å². The molecule has 1 aliphatic heterocycles. The minimum absolute atomic E-state index is 0.0332. The summed E-state index contributed by atoms with van der Waals surface area (Å²) in [4.78, 5) is 14.6. The summed E-state index contributed by atoms with van der Waals surface area (Å²) in [5, 5.41) is 3.06. The maximum Gasteiger partial charge on any atom is 0.238 e.